The lowest BCUT2D eigenvalue weighted by atomic mass is 10.1. The zero-order valence-electron chi connectivity index (χ0n) is 24.1. The number of aromatic nitrogens is 4. The maximum Gasteiger partial charge on any atom is 0.347 e. The molecule has 0 aliphatic carbocycles. The van der Waals surface area contributed by atoms with Gasteiger partial charge in [-0.2, -0.15) is 0 Å². The molecule has 0 aromatic carbocycles. The summed E-state index contributed by atoms with van der Waals surface area (Å²) in [5, 5.41) is 5.43. The molecule has 0 fully saturated rings. The standard InChI is InChI=1S/2C10H12N2O4S.C5H5ClN2S/c2*1-15-9(13)8(10(14)16-2)6-4-7(17-3)12-5-11-6;1-9-5-2-4(6)7-3-8-5/h4-5H,1-3H3,(H,11,12);4-5,8H,1-3H3;2-3H,1H3. The summed E-state index contributed by atoms with van der Waals surface area (Å²) in [6.45, 7) is 0. The molecule has 1 aliphatic heterocycles. The van der Waals surface area contributed by atoms with Crippen LogP contribution in [-0.4, -0.2) is 97.4 Å². The highest BCUT2D eigenvalue weighted by Crippen LogP contribution is 2.21. The molecule has 0 amide bonds. The van der Waals surface area contributed by atoms with Crippen molar-refractivity contribution in [2.75, 3.05) is 47.2 Å². The number of aliphatic imine (C=N–C) groups is 1. The first kappa shape index (κ1) is 37.4. The molecule has 0 atom stereocenters. The normalized spacial score (nSPS) is 11.4. The monoisotopic (exact) mass is 672 g/mol. The van der Waals surface area contributed by atoms with Crippen molar-refractivity contribution in [1.29, 1.82) is 0 Å². The molecule has 43 heavy (non-hydrogen) atoms. The van der Waals surface area contributed by atoms with E-state index in [9.17, 15) is 19.2 Å². The van der Waals surface area contributed by atoms with Gasteiger partial charge in [0.25, 0.3) is 0 Å². The van der Waals surface area contributed by atoms with E-state index in [1.807, 2.05) is 18.8 Å². The highest BCUT2D eigenvalue weighted by atomic mass is 35.5. The van der Waals surface area contributed by atoms with Gasteiger partial charge in [-0.15, -0.1) is 35.3 Å². The quantitative estimate of drug-likeness (QED) is 0.0821. The Hall–Kier alpha value is -3.67. The van der Waals surface area contributed by atoms with E-state index in [1.165, 1.54) is 71.0 Å². The highest BCUT2D eigenvalue weighted by molar-refractivity contribution is 8.02. The van der Waals surface area contributed by atoms with Gasteiger partial charge in [-0.1, -0.05) is 11.6 Å². The van der Waals surface area contributed by atoms with E-state index in [1.54, 1.807) is 30.0 Å². The fourth-order valence-electron chi connectivity index (χ4n) is 2.76. The average Bonchev–Trinajstić information content (AvgIpc) is 3.05. The topological polar surface area (TPSA) is 181 Å². The van der Waals surface area contributed by atoms with E-state index < -0.39 is 29.8 Å². The highest BCUT2D eigenvalue weighted by Gasteiger charge is 2.32. The second-order valence-corrected chi connectivity index (χ2v) is 10.1. The molecule has 0 bridgehead atoms. The fraction of sp³-hybridized carbons (Fsp3) is 0.320. The second-order valence-electron chi connectivity index (χ2n) is 7.21. The van der Waals surface area contributed by atoms with Gasteiger partial charge >= 0.3 is 23.9 Å². The molecular weight excluding hydrogens is 644 g/mol. The SMILES string of the molecule is COC(=O)C(C(=O)OC)=C1C=C(SC)N=CN1.COC(=O)C(C(=O)OC)c1cc(SC)ncn1.CSc1cc(Cl)ncn1. The maximum atomic E-state index is 11.5. The molecule has 232 valence electrons. The number of carbonyl (C=O) groups is 4. The number of allylic oxidation sites excluding steroid dienone is 1. The molecule has 0 saturated carbocycles. The molecule has 2 aromatic heterocycles. The number of methoxy groups -OCH3 is 4. The largest absolute Gasteiger partial charge is 0.468 e. The minimum absolute atomic E-state index is 0.187. The smallest absolute Gasteiger partial charge is 0.347 e. The van der Waals surface area contributed by atoms with E-state index in [0.717, 1.165) is 5.03 Å². The summed E-state index contributed by atoms with van der Waals surface area (Å²) in [6, 6.07) is 3.29. The number of nitrogens with zero attached hydrogens (tertiary/aromatic N) is 5. The van der Waals surface area contributed by atoms with Crippen LogP contribution in [0.25, 0.3) is 0 Å². The van der Waals surface area contributed by atoms with Gasteiger partial charge in [0.15, 0.2) is 11.5 Å². The number of thioether (sulfide) groups is 3. The van der Waals surface area contributed by atoms with Crippen molar-refractivity contribution in [2.24, 2.45) is 4.99 Å². The zero-order chi connectivity index (χ0) is 32.4. The maximum absolute atomic E-state index is 11.5. The predicted octanol–water partition coefficient (Wildman–Crippen LogP) is 2.90. The van der Waals surface area contributed by atoms with Crippen LogP contribution in [0.3, 0.4) is 0 Å². The third-order valence-electron chi connectivity index (χ3n) is 4.80. The third kappa shape index (κ3) is 12.2. The number of hydrogen-bond acceptors (Lipinski definition) is 17. The first-order valence-electron chi connectivity index (χ1n) is 11.6. The van der Waals surface area contributed by atoms with Crippen molar-refractivity contribution in [1.82, 2.24) is 25.3 Å². The van der Waals surface area contributed by atoms with Crippen molar-refractivity contribution in [3.05, 3.63) is 58.0 Å². The summed E-state index contributed by atoms with van der Waals surface area (Å²) < 4.78 is 18.2. The van der Waals surface area contributed by atoms with Crippen LogP contribution in [0.4, 0.5) is 0 Å². The van der Waals surface area contributed by atoms with Crippen LogP contribution in [0.15, 0.2) is 62.2 Å². The molecule has 0 saturated heterocycles. The Kier molecular flexibility index (Phi) is 17.6. The van der Waals surface area contributed by atoms with Crippen LogP contribution in [-0.2, 0) is 38.1 Å². The van der Waals surface area contributed by atoms with Gasteiger partial charge in [-0.3, -0.25) is 9.59 Å². The molecule has 0 unspecified atom stereocenters. The molecule has 0 spiro atoms. The van der Waals surface area contributed by atoms with E-state index in [-0.39, 0.29) is 11.3 Å². The summed E-state index contributed by atoms with van der Waals surface area (Å²) in [5.41, 5.74) is 0.388. The van der Waals surface area contributed by atoms with Crippen LogP contribution in [0, 0.1) is 0 Å². The van der Waals surface area contributed by atoms with Crippen LogP contribution in [0.5, 0.6) is 0 Å². The molecule has 14 nitrogen and oxygen atoms in total. The number of carbonyl (C=O) groups excluding carboxylic acids is 4. The molecule has 0 radical (unpaired) electrons. The van der Waals surface area contributed by atoms with Gasteiger partial charge in [0.05, 0.1) is 56.2 Å². The van der Waals surface area contributed by atoms with Crippen molar-refractivity contribution in [2.45, 2.75) is 16.0 Å². The number of ether oxygens (including phenoxy) is 4. The van der Waals surface area contributed by atoms with Crippen molar-refractivity contribution in [3.8, 4) is 0 Å². The first-order chi connectivity index (χ1) is 20.6. The lowest BCUT2D eigenvalue weighted by molar-refractivity contribution is -0.154. The second kappa shape index (κ2) is 20.3. The number of esters is 4. The lowest BCUT2D eigenvalue weighted by Gasteiger charge is -2.12. The summed E-state index contributed by atoms with van der Waals surface area (Å²) in [4.78, 5) is 65.6. The Balaban J connectivity index is 0.000000338. The van der Waals surface area contributed by atoms with Crippen LogP contribution in [0.1, 0.15) is 11.6 Å². The molecule has 1 N–H and O–H groups in total. The number of nitrogens with one attached hydrogen (secondary N) is 1. The summed E-state index contributed by atoms with van der Waals surface area (Å²) in [6.07, 6.45) is 11.3. The fourth-order valence-corrected chi connectivity index (χ4v) is 4.14. The van der Waals surface area contributed by atoms with Gasteiger partial charge in [0, 0.05) is 6.07 Å². The molecule has 1 aliphatic rings. The number of rotatable bonds is 8. The van der Waals surface area contributed by atoms with E-state index in [4.69, 9.17) is 11.6 Å². The number of hydrogen-bond donors (Lipinski definition) is 1. The van der Waals surface area contributed by atoms with Crippen molar-refractivity contribution in [3.63, 3.8) is 0 Å². The Morgan fingerprint density at radius 3 is 1.74 bits per heavy atom. The van der Waals surface area contributed by atoms with Gasteiger partial charge in [-0.05, 0) is 30.9 Å². The van der Waals surface area contributed by atoms with Crippen LogP contribution < -0.4 is 5.32 Å². The van der Waals surface area contributed by atoms with Gasteiger partial charge in [-0.25, -0.2) is 34.5 Å². The van der Waals surface area contributed by atoms with E-state index in [2.05, 4.69) is 49.2 Å². The Labute approximate surface area is 265 Å². The summed E-state index contributed by atoms with van der Waals surface area (Å²) in [7, 11) is 4.80. The van der Waals surface area contributed by atoms with Gasteiger partial charge < -0.3 is 24.3 Å². The third-order valence-corrected chi connectivity index (χ3v) is 6.93. The Morgan fingerprint density at radius 1 is 0.767 bits per heavy atom. The van der Waals surface area contributed by atoms with Gasteiger partial charge in [0.2, 0.25) is 0 Å². The van der Waals surface area contributed by atoms with Crippen molar-refractivity contribution >= 4 is 77.1 Å². The minimum Gasteiger partial charge on any atom is -0.468 e. The van der Waals surface area contributed by atoms with E-state index >= 15 is 0 Å². The predicted molar refractivity (Wildman–Crippen MR) is 164 cm³/mol. The zero-order valence-corrected chi connectivity index (χ0v) is 27.4. The molecule has 3 heterocycles. The summed E-state index contributed by atoms with van der Waals surface area (Å²) in [5.74, 6) is -4.10. The Morgan fingerprint density at radius 2 is 1.30 bits per heavy atom. The first-order valence-corrected chi connectivity index (χ1v) is 15.6. The van der Waals surface area contributed by atoms with Gasteiger partial charge in [0.1, 0.15) is 22.8 Å². The van der Waals surface area contributed by atoms with Crippen LogP contribution in [0.2, 0.25) is 5.15 Å². The minimum atomic E-state index is -1.17. The lowest BCUT2D eigenvalue weighted by Crippen LogP contribution is -2.25. The molecular formula is C25H29ClN6O8S3. The number of halogens is 1. The molecule has 3 rings (SSSR count). The average molecular weight is 673 g/mol. The van der Waals surface area contributed by atoms with Crippen LogP contribution >= 0.6 is 46.9 Å². The van der Waals surface area contributed by atoms with Crippen molar-refractivity contribution < 1.29 is 38.1 Å². The molecule has 18 heteroatoms. The summed E-state index contributed by atoms with van der Waals surface area (Å²) >= 11 is 9.88. The Bertz CT molecular complexity index is 1340. The molecule has 2 aromatic rings. The van der Waals surface area contributed by atoms with E-state index in [0.29, 0.717) is 20.9 Å².